The van der Waals surface area contributed by atoms with E-state index < -0.39 is 0 Å². The van der Waals surface area contributed by atoms with E-state index in [2.05, 4.69) is 67.9 Å². The maximum Gasteiger partial charge on any atom is 0.153 e. The average Bonchev–Trinajstić information content (AvgIpc) is 3.91. The second-order valence-corrected chi connectivity index (χ2v) is 9.95. The van der Waals surface area contributed by atoms with Crippen molar-refractivity contribution in [1.82, 2.24) is 29.5 Å². The summed E-state index contributed by atoms with van der Waals surface area (Å²) in [5.41, 5.74) is 14.0. The molecule has 7 rings (SSSR count). The molecule has 0 amide bonds. The summed E-state index contributed by atoms with van der Waals surface area (Å²) in [7, 11) is 0. The minimum Gasteiger partial charge on any atom is -0.397 e. The van der Waals surface area contributed by atoms with Gasteiger partial charge in [-0.15, -0.1) is 0 Å². The monoisotopic (exact) mass is 520 g/mol. The van der Waals surface area contributed by atoms with Crippen LogP contribution in [0.2, 0.25) is 0 Å². The lowest BCUT2D eigenvalue weighted by Gasteiger charge is -2.08. The third kappa shape index (κ3) is 6.81. The first-order chi connectivity index (χ1) is 19.0. The number of nitrogens with zero attached hydrogens (tertiary/aromatic N) is 6. The van der Waals surface area contributed by atoms with E-state index >= 15 is 0 Å². The van der Waals surface area contributed by atoms with Crippen molar-refractivity contribution in [3.63, 3.8) is 0 Å². The third-order valence-corrected chi connectivity index (χ3v) is 6.44. The fourth-order valence-electron chi connectivity index (χ4n) is 4.14. The second-order valence-electron chi connectivity index (χ2n) is 9.95. The number of nitrogens with two attached hydrogens (primary N) is 1. The molecule has 2 fully saturated rings. The highest BCUT2D eigenvalue weighted by atomic mass is 16.1. The van der Waals surface area contributed by atoms with Gasteiger partial charge in [0.05, 0.1) is 33.5 Å². The first-order valence-electron chi connectivity index (χ1n) is 13.1. The zero-order valence-electron chi connectivity index (χ0n) is 22.2. The number of hydrogen-bond donors (Lipinski definition) is 2. The number of nitrogen functional groups attached to an aromatic ring is 1. The summed E-state index contributed by atoms with van der Waals surface area (Å²) < 4.78 is 2.35. The van der Waals surface area contributed by atoms with Crippen LogP contribution in [0.25, 0.3) is 22.4 Å². The number of rotatable bonds is 5. The molecule has 0 atom stereocenters. The Bertz CT molecular complexity index is 1540. The Balaban J connectivity index is 0.000000132. The van der Waals surface area contributed by atoms with Gasteiger partial charge < -0.3 is 15.6 Å². The van der Waals surface area contributed by atoms with E-state index in [0.29, 0.717) is 23.9 Å². The van der Waals surface area contributed by atoms with Gasteiger partial charge >= 0.3 is 0 Å². The molecule has 39 heavy (non-hydrogen) atoms. The number of hydrogen-bond acceptors (Lipinski definition) is 8. The molecule has 0 radical (unpaired) electrons. The highest BCUT2D eigenvalue weighted by Gasteiger charge is 2.28. The van der Waals surface area contributed by atoms with Crippen LogP contribution in [0.3, 0.4) is 0 Å². The zero-order valence-corrected chi connectivity index (χ0v) is 22.2. The predicted molar refractivity (Wildman–Crippen MR) is 153 cm³/mol. The van der Waals surface area contributed by atoms with Gasteiger partial charge in [0, 0.05) is 36.9 Å². The quantitative estimate of drug-likeness (QED) is 0.227. The predicted octanol–water partition coefficient (Wildman–Crippen LogP) is 5.58. The van der Waals surface area contributed by atoms with Gasteiger partial charge in [-0.05, 0) is 74.9 Å². The van der Waals surface area contributed by atoms with E-state index in [-0.39, 0.29) is 0 Å². The van der Waals surface area contributed by atoms with Crippen LogP contribution in [0.1, 0.15) is 53.2 Å². The Hall–Kier alpha value is -4.66. The van der Waals surface area contributed by atoms with Crippen LogP contribution in [0.4, 0.5) is 11.4 Å². The molecule has 0 saturated heterocycles. The second kappa shape index (κ2) is 11.8. The minimum atomic E-state index is 0.507. The Morgan fingerprint density at radius 3 is 2.13 bits per heavy atom. The largest absolute Gasteiger partial charge is 0.397 e. The Morgan fingerprint density at radius 2 is 1.51 bits per heavy atom. The number of aryl methyl sites for hydroxylation is 2. The lowest BCUT2D eigenvalue weighted by Crippen LogP contribution is -2.03. The first kappa shape index (κ1) is 26.0. The van der Waals surface area contributed by atoms with Gasteiger partial charge in [0.25, 0.3) is 0 Å². The number of carbonyl (C=O) groups excluding carboxylic acids is 1. The van der Waals surface area contributed by atoms with E-state index in [9.17, 15) is 4.79 Å². The summed E-state index contributed by atoms with van der Waals surface area (Å²) in [4.78, 5) is 30.1. The first-order valence-corrected chi connectivity index (χ1v) is 13.1. The molecule has 2 aliphatic rings. The molecule has 198 valence electrons. The summed E-state index contributed by atoms with van der Waals surface area (Å²) in [5.74, 6) is 0.990. The molecule has 0 unspecified atom stereocenters. The fourth-order valence-corrected chi connectivity index (χ4v) is 4.14. The highest BCUT2D eigenvalue weighted by molar-refractivity contribution is 5.81. The molecule has 9 heteroatoms. The molecule has 5 aromatic rings. The van der Waals surface area contributed by atoms with Gasteiger partial charge in [0.1, 0.15) is 18.5 Å². The summed E-state index contributed by atoms with van der Waals surface area (Å²) in [6, 6.07) is 13.8. The Morgan fingerprint density at radius 1 is 0.872 bits per heavy atom. The lowest BCUT2D eigenvalue weighted by molar-refractivity contribution is 0.112. The lowest BCUT2D eigenvalue weighted by atomic mass is 10.2. The number of carbonyl (C=O) groups is 1. The topological polar surface area (TPSA) is 124 Å². The number of imidazole rings is 1. The smallest absolute Gasteiger partial charge is 0.153 e. The minimum absolute atomic E-state index is 0.507. The Kier molecular flexibility index (Phi) is 7.86. The van der Waals surface area contributed by atoms with Crippen molar-refractivity contribution in [2.75, 3.05) is 11.1 Å². The van der Waals surface area contributed by atoms with Crippen molar-refractivity contribution >= 4 is 28.7 Å². The van der Waals surface area contributed by atoms with E-state index in [4.69, 9.17) is 10.7 Å². The summed E-state index contributed by atoms with van der Waals surface area (Å²) >= 11 is 0. The molecule has 2 aliphatic carbocycles. The van der Waals surface area contributed by atoms with Crippen LogP contribution in [-0.4, -0.2) is 41.8 Å². The maximum atomic E-state index is 9.93. The van der Waals surface area contributed by atoms with Crippen LogP contribution in [0, 0.1) is 13.8 Å². The van der Waals surface area contributed by atoms with Gasteiger partial charge in [-0.3, -0.25) is 4.79 Å². The van der Waals surface area contributed by atoms with Gasteiger partial charge in [0.2, 0.25) is 0 Å². The number of nitrogens with one attached hydrogen (secondary N) is 1. The molecular formula is C30H32N8O. The molecule has 3 N–H and O–H groups in total. The van der Waals surface area contributed by atoms with Gasteiger partial charge in [-0.1, -0.05) is 12.1 Å². The standard InChI is InChI=1S/C15H14N4.C10H14N2.C5H4N2O/c1-10-2-5-13-14(6-10)19(12-3-4-12)15(18-13)11-7-16-9-17-8-11;1-7-2-5-9(11)10(6-7)12-8-3-4-8;8-3-5-1-6-4-7-2-5/h2,5-9,12H,3-4H2,1H3;2,5-6,8,12H,3-4,11H2,1H3;1-4H. The maximum absolute atomic E-state index is 9.93. The number of benzene rings is 2. The molecule has 0 spiro atoms. The van der Waals surface area contributed by atoms with E-state index in [1.54, 1.807) is 6.33 Å². The van der Waals surface area contributed by atoms with Crippen molar-refractivity contribution in [3.05, 3.63) is 90.5 Å². The summed E-state index contributed by atoms with van der Waals surface area (Å²) in [5, 5.41) is 3.40. The molecule has 3 heterocycles. The molecular weight excluding hydrogens is 488 g/mol. The van der Waals surface area contributed by atoms with Gasteiger partial charge in [-0.25, -0.2) is 24.9 Å². The SMILES string of the molecule is Cc1ccc(N)c(NC2CC2)c1.Cc1ccc2nc(-c3cncnc3)n(C3CC3)c2c1.O=Cc1cncnc1. The third-order valence-electron chi connectivity index (χ3n) is 6.44. The van der Waals surface area contributed by atoms with E-state index in [1.165, 1.54) is 61.0 Å². The van der Waals surface area contributed by atoms with Gasteiger partial charge in [0.15, 0.2) is 6.29 Å². The number of fused-ring (bicyclic) bond motifs is 1. The van der Waals surface area contributed by atoms with Crippen LogP contribution < -0.4 is 11.1 Å². The molecule has 0 aliphatic heterocycles. The van der Waals surface area contributed by atoms with Crippen molar-refractivity contribution in [1.29, 1.82) is 0 Å². The van der Waals surface area contributed by atoms with E-state index in [1.807, 2.05) is 24.5 Å². The van der Waals surface area contributed by atoms with Crippen LogP contribution in [-0.2, 0) is 0 Å². The Labute approximate surface area is 227 Å². The number of anilines is 2. The molecule has 2 saturated carbocycles. The zero-order chi connectivity index (χ0) is 27.2. The van der Waals surface area contributed by atoms with Crippen LogP contribution >= 0.6 is 0 Å². The van der Waals surface area contributed by atoms with Crippen LogP contribution in [0.15, 0.2) is 73.8 Å². The van der Waals surface area contributed by atoms with Crippen molar-refractivity contribution in [2.45, 2.75) is 51.6 Å². The fraction of sp³-hybridized carbons (Fsp3) is 0.267. The normalized spacial score (nSPS) is 14.0. The molecule has 0 bridgehead atoms. The van der Waals surface area contributed by atoms with E-state index in [0.717, 1.165) is 28.3 Å². The molecule has 9 nitrogen and oxygen atoms in total. The van der Waals surface area contributed by atoms with Crippen molar-refractivity contribution < 1.29 is 4.79 Å². The van der Waals surface area contributed by atoms with Gasteiger partial charge in [-0.2, -0.15) is 0 Å². The van der Waals surface area contributed by atoms with Crippen molar-refractivity contribution in [2.24, 2.45) is 0 Å². The number of aldehydes is 1. The molecule has 3 aromatic heterocycles. The summed E-state index contributed by atoms with van der Waals surface area (Å²) in [6.07, 6.45) is 15.3. The average molecular weight is 521 g/mol. The van der Waals surface area contributed by atoms with Crippen LogP contribution in [0.5, 0.6) is 0 Å². The highest BCUT2D eigenvalue weighted by Crippen LogP contribution is 2.41. The van der Waals surface area contributed by atoms with Crippen molar-refractivity contribution in [3.8, 4) is 11.4 Å². The molecule has 2 aromatic carbocycles. The summed E-state index contributed by atoms with van der Waals surface area (Å²) in [6.45, 7) is 4.20. The number of aromatic nitrogens is 6.